The molecule has 0 radical (unpaired) electrons. The molecule has 0 fully saturated rings. The molecule has 1 amide bonds. The standard InChI is InChI=1S/C22H19Cl2F3N2O3/c1-12(2)20(13-3-5-14(6-4-13)22(25,26)27)28-21(30)18-10-16(32-29-18)11-31-19-8-7-15(23)9-17(19)24/h3-10,12,20H,11H2,1-2H3,(H,28,30). The van der Waals surface area contributed by atoms with Gasteiger partial charge in [-0.25, -0.2) is 0 Å². The second-order valence-electron chi connectivity index (χ2n) is 7.36. The molecular formula is C22H19Cl2F3N2O3. The Balaban J connectivity index is 1.66. The first-order chi connectivity index (χ1) is 15.0. The molecule has 0 saturated carbocycles. The monoisotopic (exact) mass is 486 g/mol. The van der Waals surface area contributed by atoms with Crippen LogP contribution in [0.5, 0.6) is 5.75 Å². The minimum absolute atomic E-state index is 0.0170. The number of hydrogen-bond acceptors (Lipinski definition) is 4. The van der Waals surface area contributed by atoms with Crippen LogP contribution < -0.4 is 10.1 Å². The number of nitrogens with zero attached hydrogens (tertiary/aromatic N) is 1. The van der Waals surface area contributed by atoms with E-state index in [4.69, 9.17) is 32.5 Å². The fraction of sp³-hybridized carbons (Fsp3) is 0.273. The van der Waals surface area contributed by atoms with Crippen molar-refractivity contribution in [2.45, 2.75) is 32.7 Å². The molecule has 32 heavy (non-hydrogen) atoms. The summed E-state index contributed by atoms with van der Waals surface area (Å²) < 4.78 is 49.1. The molecule has 0 bridgehead atoms. The number of nitrogens with one attached hydrogen (secondary N) is 1. The molecular weight excluding hydrogens is 468 g/mol. The van der Waals surface area contributed by atoms with E-state index < -0.39 is 23.7 Å². The van der Waals surface area contributed by atoms with Crippen LogP contribution in [0.3, 0.4) is 0 Å². The van der Waals surface area contributed by atoms with E-state index in [0.717, 1.165) is 12.1 Å². The molecule has 1 unspecified atom stereocenters. The lowest BCUT2D eigenvalue weighted by molar-refractivity contribution is -0.137. The van der Waals surface area contributed by atoms with Crippen LogP contribution in [-0.4, -0.2) is 11.1 Å². The summed E-state index contributed by atoms with van der Waals surface area (Å²) in [6, 6.07) is 10.3. The van der Waals surface area contributed by atoms with Crippen LogP contribution in [0, 0.1) is 5.92 Å². The van der Waals surface area contributed by atoms with E-state index >= 15 is 0 Å². The molecule has 2 aromatic carbocycles. The highest BCUT2D eigenvalue weighted by atomic mass is 35.5. The number of carbonyl (C=O) groups is 1. The van der Waals surface area contributed by atoms with E-state index in [1.807, 2.05) is 13.8 Å². The van der Waals surface area contributed by atoms with Gasteiger partial charge in [-0.15, -0.1) is 0 Å². The van der Waals surface area contributed by atoms with Crippen molar-refractivity contribution in [1.82, 2.24) is 10.5 Å². The summed E-state index contributed by atoms with van der Waals surface area (Å²) in [6.45, 7) is 3.68. The van der Waals surface area contributed by atoms with Crippen LogP contribution in [0.2, 0.25) is 10.0 Å². The predicted molar refractivity (Wildman–Crippen MR) is 114 cm³/mol. The number of halogens is 5. The van der Waals surface area contributed by atoms with Crippen molar-refractivity contribution in [2.75, 3.05) is 0 Å². The van der Waals surface area contributed by atoms with Gasteiger partial charge in [-0.3, -0.25) is 4.79 Å². The third kappa shape index (κ3) is 5.95. The SMILES string of the molecule is CC(C)C(NC(=O)c1cc(COc2ccc(Cl)cc2Cl)on1)c1ccc(C(F)(F)F)cc1. The van der Waals surface area contributed by atoms with Crippen molar-refractivity contribution in [3.8, 4) is 5.75 Å². The van der Waals surface area contributed by atoms with E-state index in [1.54, 1.807) is 12.1 Å². The van der Waals surface area contributed by atoms with Crippen LogP contribution in [-0.2, 0) is 12.8 Å². The summed E-state index contributed by atoms with van der Waals surface area (Å²) in [6.07, 6.45) is -4.43. The van der Waals surface area contributed by atoms with Crippen LogP contribution in [0.25, 0.3) is 0 Å². The van der Waals surface area contributed by atoms with Crippen molar-refractivity contribution in [3.05, 3.63) is 81.2 Å². The maximum atomic E-state index is 12.8. The normalized spacial score (nSPS) is 12.6. The molecule has 0 aliphatic rings. The van der Waals surface area contributed by atoms with Crippen LogP contribution in [0.4, 0.5) is 13.2 Å². The molecule has 3 rings (SSSR count). The molecule has 1 atom stereocenters. The second kappa shape index (κ2) is 9.83. The number of carbonyl (C=O) groups excluding carboxylic acids is 1. The van der Waals surface area contributed by atoms with Crippen molar-refractivity contribution in [1.29, 1.82) is 0 Å². The van der Waals surface area contributed by atoms with Gasteiger partial charge in [0, 0.05) is 11.1 Å². The number of amides is 1. The Morgan fingerprint density at radius 2 is 1.81 bits per heavy atom. The predicted octanol–water partition coefficient (Wildman–Crippen LogP) is 6.71. The molecule has 0 saturated heterocycles. The van der Waals surface area contributed by atoms with Crippen LogP contribution >= 0.6 is 23.2 Å². The zero-order valence-electron chi connectivity index (χ0n) is 17.0. The Hall–Kier alpha value is -2.71. The number of rotatable bonds is 7. The average Bonchev–Trinajstić information content (AvgIpc) is 3.19. The Morgan fingerprint density at radius 1 is 1.12 bits per heavy atom. The van der Waals surface area contributed by atoms with Crippen molar-refractivity contribution in [3.63, 3.8) is 0 Å². The molecule has 3 aromatic rings. The van der Waals surface area contributed by atoms with Gasteiger partial charge in [-0.1, -0.05) is 54.3 Å². The summed E-state index contributed by atoms with van der Waals surface area (Å²) in [4.78, 5) is 12.6. The third-order valence-electron chi connectivity index (χ3n) is 4.61. The summed E-state index contributed by atoms with van der Waals surface area (Å²) in [5, 5.41) is 7.33. The third-order valence-corrected chi connectivity index (χ3v) is 5.14. The molecule has 0 aliphatic heterocycles. The number of ether oxygens (including phenoxy) is 1. The maximum Gasteiger partial charge on any atom is 0.416 e. The molecule has 1 N–H and O–H groups in total. The van der Waals surface area contributed by atoms with Crippen molar-refractivity contribution >= 4 is 29.1 Å². The lowest BCUT2D eigenvalue weighted by Crippen LogP contribution is -2.32. The second-order valence-corrected chi connectivity index (χ2v) is 8.20. The van der Waals surface area contributed by atoms with Gasteiger partial charge >= 0.3 is 6.18 Å². The van der Waals surface area contributed by atoms with E-state index in [0.29, 0.717) is 21.4 Å². The Kier molecular flexibility index (Phi) is 7.36. The number of hydrogen-bond donors (Lipinski definition) is 1. The van der Waals surface area contributed by atoms with Gasteiger partial charge in [-0.2, -0.15) is 13.2 Å². The van der Waals surface area contributed by atoms with Gasteiger partial charge < -0.3 is 14.6 Å². The molecule has 10 heteroatoms. The Labute approximate surface area is 192 Å². The number of alkyl halides is 3. The van der Waals surface area contributed by atoms with E-state index in [-0.39, 0.29) is 24.0 Å². The summed E-state index contributed by atoms with van der Waals surface area (Å²) >= 11 is 11.9. The van der Waals surface area contributed by atoms with Gasteiger partial charge in [-0.05, 0) is 41.8 Å². The minimum atomic E-state index is -4.43. The highest BCUT2D eigenvalue weighted by Crippen LogP contribution is 2.31. The Morgan fingerprint density at radius 3 is 2.41 bits per heavy atom. The zero-order chi connectivity index (χ0) is 23.5. The van der Waals surface area contributed by atoms with Gasteiger partial charge in [0.1, 0.15) is 12.4 Å². The summed E-state index contributed by atoms with van der Waals surface area (Å²) in [7, 11) is 0. The first kappa shape index (κ1) is 23.9. The number of benzene rings is 2. The Bertz CT molecular complexity index is 1080. The molecule has 0 spiro atoms. The van der Waals surface area contributed by atoms with Gasteiger partial charge in [0.15, 0.2) is 11.5 Å². The van der Waals surface area contributed by atoms with Gasteiger partial charge in [0.05, 0.1) is 16.6 Å². The molecule has 170 valence electrons. The smallest absolute Gasteiger partial charge is 0.416 e. The van der Waals surface area contributed by atoms with Crippen molar-refractivity contribution in [2.24, 2.45) is 5.92 Å². The minimum Gasteiger partial charge on any atom is -0.484 e. The van der Waals surface area contributed by atoms with Gasteiger partial charge in [0.2, 0.25) is 0 Å². The molecule has 1 aromatic heterocycles. The molecule has 5 nitrogen and oxygen atoms in total. The summed E-state index contributed by atoms with van der Waals surface area (Å²) in [5.41, 5.74) is -0.189. The fourth-order valence-corrected chi connectivity index (χ4v) is 3.42. The highest BCUT2D eigenvalue weighted by Gasteiger charge is 2.30. The lowest BCUT2D eigenvalue weighted by Gasteiger charge is -2.23. The largest absolute Gasteiger partial charge is 0.484 e. The topological polar surface area (TPSA) is 64.4 Å². The van der Waals surface area contributed by atoms with E-state index in [1.165, 1.54) is 24.3 Å². The quantitative estimate of drug-likeness (QED) is 0.403. The summed E-state index contributed by atoms with van der Waals surface area (Å²) in [5.74, 6) is 0.0676. The van der Waals surface area contributed by atoms with Gasteiger partial charge in [0.25, 0.3) is 5.91 Å². The first-order valence-corrected chi connectivity index (χ1v) is 10.3. The maximum absolute atomic E-state index is 12.8. The average molecular weight is 487 g/mol. The van der Waals surface area contributed by atoms with E-state index in [2.05, 4.69) is 10.5 Å². The first-order valence-electron chi connectivity index (χ1n) is 9.56. The zero-order valence-corrected chi connectivity index (χ0v) is 18.6. The van der Waals surface area contributed by atoms with Crippen LogP contribution in [0.15, 0.2) is 53.1 Å². The van der Waals surface area contributed by atoms with Crippen molar-refractivity contribution < 1.29 is 27.2 Å². The van der Waals surface area contributed by atoms with Crippen LogP contribution in [0.1, 0.15) is 47.3 Å². The number of aromatic nitrogens is 1. The lowest BCUT2D eigenvalue weighted by atomic mass is 9.95. The molecule has 1 heterocycles. The fourth-order valence-electron chi connectivity index (χ4n) is 2.96. The van der Waals surface area contributed by atoms with E-state index in [9.17, 15) is 18.0 Å². The molecule has 0 aliphatic carbocycles. The highest BCUT2D eigenvalue weighted by molar-refractivity contribution is 6.35.